The number of rotatable bonds is 12. The van der Waals surface area contributed by atoms with Crippen molar-refractivity contribution in [1.29, 1.82) is 0 Å². The molecule has 3 aromatic rings. The first kappa shape index (κ1) is 33.9. The van der Waals surface area contributed by atoms with E-state index in [1.54, 1.807) is 12.1 Å². The van der Waals surface area contributed by atoms with Crippen molar-refractivity contribution in [2.45, 2.75) is 50.0 Å². The Kier molecular flexibility index (Phi) is 12.1. The zero-order valence-electron chi connectivity index (χ0n) is 25.7. The molecule has 1 saturated heterocycles. The highest BCUT2D eigenvalue weighted by Crippen LogP contribution is 2.30. The quantitative estimate of drug-likeness (QED) is 0.217. The second-order valence-corrected chi connectivity index (χ2v) is 10.9. The number of methoxy groups -OCH3 is 1. The molecular formula is C34H39N3O9. The van der Waals surface area contributed by atoms with Gasteiger partial charge in [0.1, 0.15) is 18.8 Å². The van der Waals surface area contributed by atoms with Gasteiger partial charge >= 0.3 is 18.2 Å². The van der Waals surface area contributed by atoms with Gasteiger partial charge < -0.3 is 35.1 Å². The summed E-state index contributed by atoms with van der Waals surface area (Å²) in [5.74, 6) is -1.57. The minimum atomic E-state index is -1.22. The molecule has 0 unspecified atom stereocenters. The summed E-state index contributed by atoms with van der Waals surface area (Å²) in [7, 11) is 1.23. The molecule has 0 aromatic heterocycles. The van der Waals surface area contributed by atoms with E-state index in [-0.39, 0.29) is 13.2 Å². The summed E-state index contributed by atoms with van der Waals surface area (Å²) >= 11 is 0. The molecule has 0 saturated carbocycles. The maximum Gasteiger partial charge on any atom is 0.407 e. The number of aliphatic hydroxyl groups excluding tert-OH is 1. The average molecular weight is 634 g/mol. The minimum Gasteiger partial charge on any atom is -0.465 e. The highest BCUT2D eigenvalue weighted by molar-refractivity contribution is 5.98. The number of aliphatic hydroxyl groups is 1. The molecular weight excluding hydrogens is 594 g/mol. The number of alkyl carbamates (subject to hydrolysis) is 1. The molecule has 0 spiro atoms. The fourth-order valence-electron chi connectivity index (χ4n) is 5.65. The van der Waals surface area contributed by atoms with E-state index < -0.39 is 60.9 Å². The van der Waals surface area contributed by atoms with Crippen LogP contribution in [-0.4, -0.2) is 90.3 Å². The van der Waals surface area contributed by atoms with E-state index in [9.17, 15) is 29.4 Å². The van der Waals surface area contributed by atoms with Crippen LogP contribution >= 0.6 is 0 Å². The predicted molar refractivity (Wildman–Crippen MR) is 168 cm³/mol. The van der Waals surface area contributed by atoms with Crippen molar-refractivity contribution >= 4 is 29.8 Å². The molecule has 4 atom stereocenters. The first-order chi connectivity index (χ1) is 22.2. The highest BCUT2D eigenvalue weighted by Gasteiger charge is 2.40. The van der Waals surface area contributed by atoms with Gasteiger partial charge in [0.25, 0.3) is 0 Å². The van der Waals surface area contributed by atoms with Crippen LogP contribution in [-0.2, 0) is 30.2 Å². The molecule has 1 aliphatic heterocycles. The lowest BCUT2D eigenvalue weighted by molar-refractivity contribution is -0.158. The molecule has 1 heterocycles. The molecule has 3 aromatic carbocycles. The van der Waals surface area contributed by atoms with Gasteiger partial charge in [0.2, 0.25) is 5.91 Å². The van der Waals surface area contributed by atoms with Crippen LogP contribution in [0.4, 0.5) is 15.3 Å². The highest BCUT2D eigenvalue weighted by atomic mass is 16.5. The number of morpholine rings is 1. The number of hydrogen-bond donors (Lipinski definition) is 4. The number of carboxylic acid groups (broad SMARTS) is 1. The Morgan fingerprint density at radius 1 is 0.957 bits per heavy atom. The zero-order chi connectivity index (χ0) is 33.1. The van der Waals surface area contributed by atoms with Crippen LogP contribution in [0.15, 0.2) is 84.9 Å². The van der Waals surface area contributed by atoms with Gasteiger partial charge in [-0.2, -0.15) is 0 Å². The number of hydrogen-bond acceptors (Lipinski definition) is 8. The summed E-state index contributed by atoms with van der Waals surface area (Å²) in [5.41, 5.74) is 2.92. The van der Waals surface area contributed by atoms with Gasteiger partial charge in [-0.1, -0.05) is 78.9 Å². The van der Waals surface area contributed by atoms with Crippen LogP contribution in [0.5, 0.6) is 0 Å². The molecule has 244 valence electrons. The maximum absolute atomic E-state index is 14.0. The lowest BCUT2D eigenvalue weighted by Crippen LogP contribution is -2.59. The summed E-state index contributed by atoms with van der Waals surface area (Å²) in [4.78, 5) is 51.0. The van der Waals surface area contributed by atoms with E-state index in [1.165, 1.54) is 14.0 Å². The number of esters is 1. The second kappa shape index (κ2) is 16.4. The van der Waals surface area contributed by atoms with E-state index in [1.807, 2.05) is 72.8 Å². The van der Waals surface area contributed by atoms with Gasteiger partial charge in [-0.05, 0) is 35.6 Å². The number of benzene rings is 3. The Hall–Kier alpha value is -4.94. The third-order valence-corrected chi connectivity index (χ3v) is 7.88. The Balaban J connectivity index is 1.54. The van der Waals surface area contributed by atoms with Gasteiger partial charge in [-0.3, -0.25) is 14.5 Å². The van der Waals surface area contributed by atoms with Crippen molar-refractivity contribution in [2.24, 2.45) is 0 Å². The van der Waals surface area contributed by atoms with Gasteiger partial charge in [0.15, 0.2) is 0 Å². The lowest BCUT2D eigenvalue weighted by Gasteiger charge is -2.42. The van der Waals surface area contributed by atoms with Crippen molar-refractivity contribution in [1.82, 2.24) is 10.2 Å². The molecule has 12 heteroatoms. The number of nitrogens with one attached hydrogen (secondary N) is 2. The molecule has 4 N–H and O–H groups in total. The summed E-state index contributed by atoms with van der Waals surface area (Å²) in [6.07, 6.45) is -2.66. The molecule has 4 rings (SSSR count). The first-order valence-corrected chi connectivity index (χ1v) is 14.9. The van der Waals surface area contributed by atoms with Gasteiger partial charge in [0, 0.05) is 18.5 Å². The molecule has 1 aliphatic rings. The largest absolute Gasteiger partial charge is 0.465 e. The summed E-state index contributed by atoms with van der Waals surface area (Å²) in [5, 5.41) is 25.5. The number of anilines is 1. The van der Waals surface area contributed by atoms with E-state index in [2.05, 4.69) is 10.6 Å². The van der Waals surface area contributed by atoms with E-state index in [0.29, 0.717) is 18.5 Å². The number of carbonyl (C=O) groups excluding carboxylic acids is 3. The first-order valence-electron chi connectivity index (χ1n) is 14.9. The van der Waals surface area contributed by atoms with Gasteiger partial charge in [-0.15, -0.1) is 0 Å². The standard InChI is InChI=1S/C34H39N3O9/c1-22(39)45-21-28-29(20-38)46-26(19-37(28)34(42)43)18-17-23-11-9-10-16-27(23)35-32(40)31(36-33(41)44-2)30(24-12-5-3-6-13-24)25-14-7-4-8-15-25/h3-16,26,28-31,38H,17-21H2,1-2H3,(H,35,40)(H,36,41)(H,42,43)/t26-,28-,29-,31+/m1/s1. The molecule has 0 radical (unpaired) electrons. The van der Waals surface area contributed by atoms with Crippen LogP contribution in [0, 0.1) is 0 Å². The Morgan fingerprint density at radius 3 is 2.13 bits per heavy atom. The van der Waals surface area contributed by atoms with Gasteiger partial charge in [0.05, 0.1) is 32.4 Å². The van der Waals surface area contributed by atoms with Crippen LogP contribution < -0.4 is 10.6 Å². The molecule has 12 nitrogen and oxygen atoms in total. The smallest absolute Gasteiger partial charge is 0.407 e. The summed E-state index contributed by atoms with van der Waals surface area (Å²) in [6.45, 7) is 0.534. The molecule has 0 aliphatic carbocycles. The Labute approximate surface area is 267 Å². The van der Waals surface area contributed by atoms with Crippen LogP contribution in [0.25, 0.3) is 0 Å². The number of para-hydroxylation sites is 1. The number of nitrogens with zero attached hydrogens (tertiary/aromatic N) is 1. The lowest BCUT2D eigenvalue weighted by atomic mass is 9.84. The predicted octanol–water partition coefficient (Wildman–Crippen LogP) is 3.79. The molecule has 1 fully saturated rings. The van der Waals surface area contributed by atoms with Crippen molar-refractivity contribution in [3.8, 4) is 0 Å². The topological polar surface area (TPSA) is 164 Å². The normalized spacial score (nSPS) is 18.3. The molecule has 46 heavy (non-hydrogen) atoms. The van der Waals surface area contributed by atoms with E-state index in [0.717, 1.165) is 21.6 Å². The molecule has 0 bridgehead atoms. The Bertz CT molecular complexity index is 1430. The summed E-state index contributed by atoms with van der Waals surface area (Å²) < 4.78 is 15.9. The van der Waals surface area contributed by atoms with Crippen LogP contribution in [0.1, 0.15) is 36.0 Å². The van der Waals surface area contributed by atoms with Crippen molar-refractivity contribution in [2.75, 3.05) is 32.2 Å². The SMILES string of the molecule is COC(=O)N[C@H](C(=O)Nc1ccccc1CC[C@@H]1CN(C(=O)O)[C@H](COC(C)=O)[C@@H](CO)O1)C(c1ccccc1)c1ccccc1. The monoisotopic (exact) mass is 633 g/mol. The second-order valence-electron chi connectivity index (χ2n) is 10.9. The maximum atomic E-state index is 14.0. The van der Waals surface area contributed by atoms with Crippen molar-refractivity contribution in [3.63, 3.8) is 0 Å². The van der Waals surface area contributed by atoms with E-state index in [4.69, 9.17) is 14.2 Å². The fourth-order valence-corrected chi connectivity index (χ4v) is 5.65. The van der Waals surface area contributed by atoms with Crippen LogP contribution in [0.2, 0.25) is 0 Å². The number of amides is 3. The third-order valence-electron chi connectivity index (χ3n) is 7.88. The average Bonchev–Trinajstić information content (AvgIpc) is 3.07. The van der Waals surface area contributed by atoms with Gasteiger partial charge in [-0.25, -0.2) is 9.59 Å². The Morgan fingerprint density at radius 2 is 1.57 bits per heavy atom. The number of aryl methyl sites for hydroxylation is 1. The van der Waals surface area contributed by atoms with Crippen molar-refractivity contribution < 1.29 is 43.6 Å². The third kappa shape index (κ3) is 8.83. The molecule has 3 amide bonds. The number of carbonyl (C=O) groups is 4. The number of ether oxygens (including phenoxy) is 3. The van der Waals surface area contributed by atoms with E-state index >= 15 is 0 Å². The van der Waals surface area contributed by atoms with Crippen molar-refractivity contribution in [3.05, 3.63) is 102 Å². The van der Waals surface area contributed by atoms with Crippen LogP contribution in [0.3, 0.4) is 0 Å². The minimum absolute atomic E-state index is 0.00719. The zero-order valence-corrected chi connectivity index (χ0v) is 25.7. The summed E-state index contributed by atoms with van der Waals surface area (Å²) in [6, 6.07) is 24.1. The fraction of sp³-hybridized carbons (Fsp3) is 0.353.